The molecule has 0 bridgehead atoms. The number of carboxylic acids is 1. The van der Waals surface area contributed by atoms with Crippen molar-refractivity contribution < 1.29 is 19.4 Å². The number of methoxy groups -OCH3 is 2. The molecule has 0 fully saturated rings. The van der Waals surface area contributed by atoms with Crippen molar-refractivity contribution in [2.24, 2.45) is 0 Å². The van der Waals surface area contributed by atoms with Crippen LogP contribution in [0.2, 0.25) is 0 Å². The van der Waals surface area contributed by atoms with Crippen molar-refractivity contribution in [2.75, 3.05) is 14.2 Å². The number of aliphatic carboxylic acids is 1. The minimum atomic E-state index is -0.834. The topological polar surface area (TPSA) is 67.8 Å². The third-order valence-corrected chi connectivity index (χ3v) is 3.59. The first-order chi connectivity index (χ1) is 8.58. The summed E-state index contributed by atoms with van der Waals surface area (Å²) in [7, 11) is 3.12. The van der Waals surface area contributed by atoms with Crippen LogP contribution in [0.4, 0.5) is 0 Å². The Morgan fingerprint density at radius 3 is 2.61 bits per heavy atom. The molecule has 0 saturated heterocycles. The lowest BCUT2D eigenvalue weighted by Crippen LogP contribution is -2.42. The first kappa shape index (κ1) is 15.1. The molecule has 2 N–H and O–H groups in total. The molecular weight excluding hydrogens is 254 g/mol. The quantitative estimate of drug-likeness (QED) is 0.708. The molecule has 1 aromatic heterocycles. The number of thiophene rings is 1. The van der Waals surface area contributed by atoms with Gasteiger partial charge in [0.15, 0.2) is 6.29 Å². The van der Waals surface area contributed by atoms with Crippen molar-refractivity contribution in [3.05, 3.63) is 22.4 Å². The van der Waals surface area contributed by atoms with E-state index in [1.807, 2.05) is 24.4 Å². The second kappa shape index (κ2) is 7.48. The van der Waals surface area contributed by atoms with Crippen LogP contribution in [0.5, 0.6) is 0 Å². The molecule has 0 saturated carbocycles. The van der Waals surface area contributed by atoms with Gasteiger partial charge in [-0.15, -0.1) is 11.3 Å². The molecule has 2 unspecified atom stereocenters. The zero-order valence-corrected chi connectivity index (χ0v) is 11.6. The smallest absolute Gasteiger partial charge is 0.305 e. The van der Waals surface area contributed by atoms with E-state index in [1.54, 1.807) is 14.2 Å². The molecule has 1 rings (SSSR count). The molecule has 1 aromatic rings. The predicted octanol–water partition coefficient (Wildman–Crippen LogP) is 1.86. The molecule has 0 aliphatic rings. The monoisotopic (exact) mass is 273 g/mol. The SMILES string of the molecule is COC(OC)C(C)NC(CC(=O)O)c1cccs1. The molecular formula is C12H19NO4S. The lowest BCUT2D eigenvalue weighted by atomic mass is 10.1. The lowest BCUT2D eigenvalue weighted by Gasteiger charge is -2.26. The Labute approximate surface area is 111 Å². The van der Waals surface area contributed by atoms with E-state index in [0.717, 1.165) is 4.88 Å². The molecule has 0 radical (unpaired) electrons. The highest BCUT2D eigenvalue weighted by Crippen LogP contribution is 2.23. The van der Waals surface area contributed by atoms with Crippen LogP contribution in [0.1, 0.15) is 24.3 Å². The van der Waals surface area contributed by atoms with Crippen molar-refractivity contribution in [3.8, 4) is 0 Å². The number of carboxylic acid groups (broad SMARTS) is 1. The molecule has 5 nitrogen and oxygen atoms in total. The van der Waals surface area contributed by atoms with Crippen molar-refractivity contribution in [3.63, 3.8) is 0 Å². The number of hydrogen-bond donors (Lipinski definition) is 2. The maximum atomic E-state index is 10.9. The van der Waals surface area contributed by atoms with Gasteiger partial charge in [-0.1, -0.05) is 6.07 Å². The van der Waals surface area contributed by atoms with Gasteiger partial charge < -0.3 is 19.9 Å². The highest BCUT2D eigenvalue weighted by atomic mass is 32.1. The van der Waals surface area contributed by atoms with E-state index in [-0.39, 0.29) is 18.5 Å². The zero-order chi connectivity index (χ0) is 13.5. The Bertz CT molecular complexity index is 351. The molecule has 0 aromatic carbocycles. The van der Waals surface area contributed by atoms with E-state index in [1.165, 1.54) is 11.3 Å². The van der Waals surface area contributed by atoms with Gasteiger partial charge in [-0.05, 0) is 18.4 Å². The number of ether oxygens (including phenoxy) is 2. The van der Waals surface area contributed by atoms with E-state index < -0.39 is 12.3 Å². The van der Waals surface area contributed by atoms with Crippen LogP contribution in [-0.2, 0) is 14.3 Å². The van der Waals surface area contributed by atoms with Crippen molar-refractivity contribution in [1.82, 2.24) is 5.32 Å². The Morgan fingerprint density at radius 1 is 1.50 bits per heavy atom. The van der Waals surface area contributed by atoms with Crippen LogP contribution in [0.25, 0.3) is 0 Å². The van der Waals surface area contributed by atoms with Crippen LogP contribution in [0.15, 0.2) is 17.5 Å². The number of nitrogens with one attached hydrogen (secondary N) is 1. The van der Waals surface area contributed by atoms with E-state index in [0.29, 0.717) is 0 Å². The first-order valence-corrected chi connectivity index (χ1v) is 6.53. The van der Waals surface area contributed by atoms with Crippen molar-refractivity contribution >= 4 is 17.3 Å². The van der Waals surface area contributed by atoms with Gasteiger partial charge in [0.05, 0.1) is 18.5 Å². The Balaban J connectivity index is 2.70. The first-order valence-electron chi connectivity index (χ1n) is 5.65. The fourth-order valence-electron chi connectivity index (χ4n) is 1.81. The molecule has 18 heavy (non-hydrogen) atoms. The van der Waals surface area contributed by atoms with Crippen LogP contribution in [0, 0.1) is 0 Å². The molecule has 2 atom stereocenters. The van der Waals surface area contributed by atoms with E-state index >= 15 is 0 Å². The van der Waals surface area contributed by atoms with Gasteiger partial charge in [-0.3, -0.25) is 4.79 Å². The largest absolute Gasteiger partial charge is 0.481 e. The normalized spacial score (nSPS) is 14.7. The summed E-state index contributed by atoms with van der Waals surface area (Å²) in [6.07, 6.45) is -0.369. The van der Waals surface area contributed by atoms with Gasteiger partial charge in [0, 0.05) is 19.1 Å². The van der Waals surface area contributed by atoms with Gasteiger partial charge >= 0.3 is 5.97 Å². The van der Waals surface area contributed by atoms with Gasteiger partial charge in [-0.25, -0.2) is 0 Å². The molecule has 0 aliphatic heterocycles. The summed E-state index contributed by atoms with van der Waals surface area (Å²) in [6.45, 7) is 1.90. The second-order valence-corrected chi connectivity index (χ2v) is 4.94. The number of hydrogen-bond acceptors (Lipinski definition) is 5. The highest BCUT2D eigenvalue weighted by molar-refractivity contribution is 7.10. The van der Waals surface area contributed by atoms with Gasteiger partial charge in [-0.2, -0.15) is 0 Å². The maximum absolute atomic E-state index is 10.9. The maximum Gasteiger partial charge on any atom is 0.305 e. The summed E-state index contributed by atoms with van der Waals surface area (Å²) < 4.78 is 10.3. The summed E-state index contributed by atoms with van der Waals surface area (Å²) >= 11 is 1.53. The van der Waals surface area contributed by atoms with Gasteiger partial charge in [0.2, 0.25) is 0 Å². The average Bonchev–Trinajstić information content (AvgIpc) is 2.82. The summed E-state index contributed by atoms with van der Waals surface area (Å²) in [5.74, 6) is -0.834. The predicted molar refractivity (Wildman–Crippen MR) is 69.7 cm³/mol. The average molecular weight is 273 g/mol. The van der Waals surface area contributed by atoms with Gasteiger partial charge in [0.1, 0.15) is 0 Å². The molecule has 102 valence electrons. The Morgan fingerprint density at radius 2 is 2.17 bits per heavy atom. The zero-order valence-electron chi connectivity index (χ0n) is 10.8. The van der Waals surface area contributed by atoms with E-state index in [2.05, 4.69) is 5.32 Å². The third kappa shape index (κ3) is 4.38. The van der Waals surface area contributed by atoms with E-state index in [4.69, 9.17) is 14.6 Å². The molecule has 0 amide bonds. The highest BCUT2D eigenvalue weighted by Gasteiger charge is 2.23. The van der Waals surface area contributed by atoms with Crippen LogP contribution < -0.4 is 5.32 Å². The van der Waals surface area contributed by atoms with E-state index in [9.17, 15) is 4.79 Å². The third-order valence-electron chi connectivity index (χ3n) is 2.60. The summed E-state index contributed by atoms with van der Waals surface area (Å²) in [6, 6.07) is 3.49. The van der Waals surface area contributed by atoms with Crippen molar-refractivity contribution in [2.45, 2.75) is 31.7 Å². The minimum Gasteiger partial charge on any atom is -0.481 e. The number of carbonyl (C=O) groups is 1. The molecule has 1 heterocycles. The second-order valence-electron chi connectivity index (χ2n) is 3.96. The Hall–Kier alpha value is -0.950. The Kier molecular flexibility index (Phi) is 6.28. The van der Waals surface area contributed by atoms with Crippen LogP contribution in [-0.4, -0.2) is 37.6 Å². The summed E-state index contributed by atoms with van der Waals surface area (Å²) in [5.41, 5.74) is 0. The fourth-order valence-corrected chi connectivity index (χ4v) is 2.59. The van der Waals surface area contributed by atoms with Crippen LogP contribution in [0.3, 0.4) is 0 Å². The lowest BCUT2D eigenvalue weighted by molar-refractivity contribution is -0.138. The molecule has 6 heteroatoms. The summed E-state index contributed by atoms with van der Waals surface area (Å²) in [5, 5.41) is 14.1. The standard InChI is InChI=1S/C12H19NO4S/c1-8(12(16-2)17-3)13-9(7-11(14)15)10-5-4-6-18-10/h4-6,8-9,12-13H,7H2,1-3H3,(H,14,15). The number of rotatable bonds is 8. The van der Waals surface area contributed by atoms with Crippen LogP contribution >= 0.6 is 11.3 Å². The minimum absolute atomic E-state index is 0.0327. The molecule has 0 spiro atoms. The van der Waals surface area contributed by atoms with Gasteiger partial charge in [0.25, 0.3) is 0 Å². The summed E-state index contributed by atoms with van der Waals surface area (Å²) in [4.78, 5) is 11.9. The fraction of sp³-hybridized carbons (Fsp3) is 0.583. The molecule has 0 aliphatic carbocycles. The van der Waals surface area contributed by atoms with Crippen molar-refractivity contribution in [1.29, 1.82) is 0 Å².